The first kappa shape index (κ1) is 12.4. The molecule has 0 saturated carbocycles. The Morgan fingerprint density at radius 3 is 2.80 bits per heavy atom. The van der Waals surface area contributed by atoms with Crippen molar-refractivity contribution >= 4 is 21.7 Å². The van der Waals surface area contributed by atoms with Crippen LogP contribution in [0.4, 0.5) is 4.39 Å². The minimum atomic E-state index is -0.311. The Morgan fingerprint density at radius 1 is 1.47 bits per heavy atom. The number of halogens is 2. The van der Waals surface area contributed by atoms with Crippen molar-refractivity contribution in [3.05, 3.63) is 34.1 Å². The molecule has 0 aliphatic carbocycles. The summed E-state index contributed by atoms with van der Waals surface area (Å²) in [7, 11) is 0. The van der Waals surface area contributed by atoms with Gasteiger partial charge in [0.05, 0.1) is 0 Å². The fourth-order valence-corrected chi connectivity index (χ4v) is 1.67. The van der Waals surface area contributed by atoms with Crippen LogP contribution in [0, 0.1) is 5.82 Å². The summed E-state index contributed by atoms with van der Waals surface area (Å²) in [6.45, 7) is 2.04. The normalized spacial score (nSPS) is 10.3. The summed E-state index contributed by atoms with van der Waals surface area (Å²) in [5.41, 5.74) is 0.485. The first-order valence-corrected chi connectivity index (χ1v) is 5.88. The van der Waals surface area contributed by atoms with E-state index in [0.29, 0.717) is 16.5 Å². The molecular weight excluding hydrogens is 259 g/mol. The highest BCUT2D eigenvalue weighted by molar-refractivity contribution is 9.10. The van der Waals surface area contributed by atoms with Crippen LogP contribution in [0.3, 0.4) is 0 Å². The van der Waals surface area contributed by atoms with Gasteiger partial charge in [-0.15, -0.1) is 0 Å². The molecule has 0 atom stereocenters. The zero-order valence-electron chi connectivity index (χ0n) is 8.72. The molecule has 0 aliphatic rings. The molecule has 0 bridgehead atoms. The maximum absolute atomic E-state index is 13.4. The molecular formula is C12H14BrFO. The van der Waals surface area contributed by atoms with Crippen LogP contribution in [0.1, 0.15) is 31.7 Å². The van der Waals surface area contributed by atoms with Gasteiger partial charge in [-0.25, -0.2) is 4.39 Å². The molecule has 1 aromatic rings. The lowest BCUT2D eigenvalue weighted by Crippen LogP contribution is -2.04. The highest BCUT2D eigenvalue weighted by Crippen LogP contribution is 2.16. The van der Waals surface area contributed by atoms with Crippen LogP contribution < -0.4 is 0 Å². The van der Waals surface area contributed by atoms with E-state index in [1.807, 2.05) is 6.92 Å². The van der Waals surface area contributed by atoms with E-state index >= 15 is 0 Å². The maximum Gasteiger partial charge on any atom is 0.137 e. The van der Waals surface area contributed by atoms with Gasteiger partial charge in [0, 0.05) is 17.3 Å². The molecule has 0 aliphatic heterocycles. The predicted molar refractivity (Wildman–Crippen MR) is 62.3 cm³/mol. The quantitative estimate of drug-likeness (QED) is 0.795. The zero-order valence-corrected chi connectivity index (χ0v) is 10.3. The third-order valence-corrected chi connectivity index (χ3v) is 2.71. The molecule has 0 N–H and O–H groups in total. The molecule has 0 fully saturated rings. The number of benzene rings is 1. The highest BCUT2D eigenvalue weighted by atomic mass is 79.9. The molecule has 0 saturated heterocycles. The molecule has 82 valence electrons. The molecule has 0 amide bonds. The Labute approximate surface area is 97.8 Å². The molecule has 15 heavy (non-hydrogen) atoms. The Balaban J connectivity index is 2.60. The minimum Gasteiger partial charge on any atom is -0.299 e. The number of hydrogen-bond donors (Lipinski definition) is 0. The third kappa shape index (κ3) is 4.12. The van der Waals surface area contributed by atoms with Gasteiger partial charge in [-0.3, -0.25) is 4.79 Å². The number of carbonyl (C=O) groups excluding carboxylic acids is 1. The van der Waals surface area contributed by atoms with Gasteiger partial charge < -0.3 is 0 Å². The van der Waals surface area contributed by atoms with Gasteiger partial charge in [0.15, 0.2) is 0 Å². The summed E-state index contributed by atoms with van der Waals surface area (Å²) >= 11 is 3.18. The molecule has 0 spiro atoms. The lowest BCUT2D eigenvalue weighted by Gasteiger charge is -2.02. The fraction of sp³-hybridized carbons (Fsp3) is 0.417. The third-order valence-electron chi connectivity index (χ3n) is 2.21. The summed E-state index contributed by atoms with van der Waals surface area (Å²) in [4.78, 5) is 11.4. The molecule has 3 heteroatoms. The van der Waals surface area contributed by atoms with Crippen LogP contribution >= 0.6 is 15.9 Å². The predicted octanol–water partition coefficient (Wildman–Crippen LogP) is 3.89. The Morgan fingerprint density at radius 2 is 2.20 bits per heavy atom. The first-order valence-electron chi connectivity index (χ1n) is 5.09. The Bertz CT molecular complexity index is 349. The van der Waals surface area contributed by atoms with Crippen molar-refractivity contribution in [1.29, 1.82) is 0 Å². The second-order valence-corrected chi connectivity index (χ2v) is 4.47. The minimum absolute atomic E-state index is 0.109. The maximum atomic E-state index is 13.4. The topological polar surface area (TPSA) is 17.1 Å². The van der Waals surface area contributed by atoms with Crippen molar-refractivity contribution < 1.29 is 9.18 Å². The van der Waals surface area contributed by atoms with E-state index in [9.17, 15) is 9.18 Å². The van der Waals surface area contributed by atoms with Crippen molar-refractivity contribution in [2.24, 2.45) is 0 Å². The van der Waals surface area contributed by atoms with E-state index in [2.05, 4.69) is 15.9 Å². The zero-order chi connectivity index (χ0) is 11.3. The molecule has 0 radical (unpaired) electrons. The summed E-state index contributed by atoms with van der Waals surface area (Å²) in [6, 6.07) is 4.80. The van der Waals surface area contributed by atoms with Gasteiger partial charge in [-0.1, -0.05) is 35.3 Å². The summed E-state index contributed by atoms with van der Waals surface area (Å²) < 4.78 is 14.0. The van der Waals surface area contributed by atoms with Gasteiger partial charge in [-0.05, 0) is 24.1 Å². The second kappa shape index (κ2) is 6.01. The smallest absolute Gasteiger partial charge is 0.137 e. The molecule has 1 aromatic carbocycles. The SMILES string of the molecule is CCCCC(=O)Cc1ccc(Br)cc1F. The number of Topliss-reactive ketones (excluding diaryl/α,β-unsaturated/α-hetero) is 1. The van der Waals surface area contributed by atoms with Crippen LogP contribution in [0.2, 0.25) is 0 Å². The summed E-state index contributed by atoms with van der Waals surface area (Å²) in [5.74, 6) is -0.202. The number of ketones is 1. The van der Waals surface area contributed by atoms with Crippen LogP contribution in [0.15, 0.2) is 22.7 Å². The van der Waals surface area contributed by atoms with Gasteiger partial charge >= 0.3 is 0 Å². The van der Waals surface area contributed by atoms with E-state index in [1.165, 1.54) is 6.07 Å². The summed E-state index contributed by atoms with van der Waals surface area (Å²) in [5, 5.41) is 0. The van der Waals surface area contributed by atoms with Gasteiger partial charge in [0.1, 0.15) is 11.6 Å². The molecule has 1 rings (SSSR count). The van der Waals surface area contributed by atoms with Gasteiger partial charge in [0.25, 0.3) is 0 Å². The highest BCUT2D eigenvalue weighted by Gasteiger charge is 2.07. The van der Waals surface area contributed by atoms with Crippen molar-refractivity contribution in [2.75, 3.05) is 0 Å². The number of hydrogen-bond acceptors (Lipinski definition) is 1. The Kier molecular flexibility index (Phi) is 4.95. The van der Waals surface area contributed by atoms with E-state index < -0.39 is 0 Å². The lowest BCUT2D eigenvalue weighted by atomic mass is 10.0. The Hall–Kier alpha value is -0.700. The van der Waals surface area contributed by atoms with Gasteiger partial charge in [-0.2, -0.15) is 0 Å². The van der Waals surface area contributed by atoms with Crippen LogP contribution in [0.25, 0.3) is 0 Å². The average molecular weight is 273 g/mol. The molecule has 1 nitrogen and oxygen atoms in total. The van der Waals surface area contributed by atoms with E-state index in [0.717, 1.165) is 12.8 Å². The summed E-state index contributed by atoms with van der Waals surface area (Å²) in [6.07, 6.45) is 2.64. The molecule has 0 heterocycles. The number of rotatable bonds is 5. The average Bonchev–Trinajstić information content (AvgIpc) is 2.19. The second-order valence-electron chi connectivity index (χ2n) is 3.55. The largest absolute Gasteiger partial charge is 0.299 e. The van der Waals surface area contributed by atoms with Crippen molar-refractivity contribution in [3.63, 3.8) is 0 Å². The fourth-order valence-electron chi connectivity index (χ4n) is 1.34. The van der Waals surface area contributed by atoms with Crippen molar-refractivity contribution in [1.82, 2.24) is 0 Å². The monoisotopic (exact) mass is 272 g/mol. The van der Waals surface area contributed by atoms with Crippen LogP contribution in [0.5, 0.6) is 0 Å². The van der Waals surface area contributed by atoms with Crippen LogP contribution in [-0.4, -0.2) is 5.78 Å². The van der Waals surface area contributed by atoms with E-state index in [1.54, 1.807) is 12.1 Å². The number of unbranched alkanes of at least 4 members (excludes halogenated alkanes) is 1. The lowest BCUT2D eigenvalue weighted by molar-refractivity contribution is -0.118. The van der Waals surface area contributed by atoms with E-state index in [4.69, 9.17) is 0 Å². The standard InChI is InChI=1S/C12H14BrFO/c1-2-3-4-11(15)7-9-5-6-10(13)8-12(9)14/h5-6,8H,2-4,7H2,1H3. The van der Waals surface area contributed by atoms with Gasteiger partial charge in [0.2, 0.25) is 0 Å². The van der Waals surface area contributed by atoms with Crippen molar-refractivity contribution in [3.8, 4) is 0 Å². The first-order chi connectivity index (χ1) is 7.13. The number of carbonyl (C=O) groups is 1. The van der Waals surface area contributed by atoms with Crippen LogP contribution in [-0.2, 0) is 11.2 Å². The van der Waals surface area contributed by atoms with Crippen molar-refractivity contribution in [2.45, 2.75) is 32.6 Å². The molecule has 0 aromatic heterocycles. The molecule has 0 unspecified atom stereocenters. The van der Waals surface area contributed by atoms with E-state index in [-0.39, 0.29) is 18.0 Å².